The summed E-state index contributed by atoms with van der Waals surface area (Å²) in [4.78, 5) is 25.3. The molecule has 5 nitrogen and oxygen atoms in total. The average molecular weight is 423 g/mol. The maximum Gasteiger partial charge on any atom is 0.267 e. The lowest BCUT2D eigenvalue weighted by Gasteiger charge is -2.11. The Morgan fingerprint density at radius 2 is 1.80 bits per heavy atom. The lowest BCUT2D eigenvalue weighted by Crippen LogP contribution is -2.35. The number of benzene rings is 2. The van der Waals surface area contributed by atoms with Crippen molar-refractivity contribution < 1.29 is 14.0 Å². The number of furan rings is 1. The van der Waals surface area contributed by atoms with Gasteiger partial charge >= 0.3 is 0 Å². The van der Waals surface area contributed by atoms with Gasteiger partial charge in [-0.05, 0) is 55.7 Å². The molecule has 0 aliphatic rings. The van der Waals surface area contributed by atoms with Crippen molar-refractivity contribution in [2.24, 2.45) is 0 Å². The molecule has 0 radical (unpaired) electrons. The minimum Gasteiger partial charge on any atom is -0.465 e. The summed E-state index contributed by atoms with van der Waals surface area (Å²) in [6.07, 6.45) is 4.48. The predicted molar refractivity (Wildman–Crippen MR) is 118 cm³/mol. The second kappa shape index (κ2) is 10.5. The zero-order chi connectivity index (χ0) is 21.3. The maximum absolute atomic E-state index is 12.7. The summed E-state index contributed by atoms with van der Waals surface area (Å²) in [6.45, 7) is 2.39. The molecule has 0 saturated carbocycles. The lowest BCUT2D eigenvalue weighted by molar-refractivity contribution is -0.117. The molecule has 154 valence electrons. The van der Waals surface area contributed by atoms with Crippen LogP contribution >= 0.6 is 11.6 Å². The topological polar surface area (TPSA) is 71.3 Å². The molecule has 0 unspecified atom stereocenters. The Kier molecular flexibility index (Phi) is 7.46. The molecule has 0 bridgehead atoms. The van der Waals surface area contributed by atoms with Crippen LogP contribution in [0.15, 0.2) is 77.0 Å². The van der Waals surface area contributed by atoms with Gasteiger partial charge in [0.05, 0.1) is 6.26 Å². The van der Waals surface area contributed by atoms with Crippen LogP contribution in [0.1, 0.15) is 33.7 Å². The number of halogens is 1. The van der Waals surface area contributed by atoms with Crippen LogP contribution in [0.5, 0.6) is 0 Å². The number of carbonyl (C=O) groups is 2. The molecule has 1 heterocycles. The summed E-state index contributed by atoms with van der Waals surface area (Å²) in [5.74, 6) is -0.273. The van der Waals surface area contributed by atoms with Gasteiger partial charge in [0.25, 0.3) is 11.8 Å². The van der Waals surface area contributed by atoms with Gasteiger partial charge in [-0.2, -0.15) is 0 Å². The van der Waals surface area contributed by atoms with E-state index in [4.69, 9.17) is 16.0 Å². The summed E-state index contributed by atoms with van der Waals surface area (Å²) in [7, 11) is 0. The van der Waals surface area contributed by atoms with Crippen molar-refractivity contribution in [2.45, 2.75) is 19.8 Å². The van der Waals surface area contributed by atoms with Crippen LogP contribution in [0.2, 0.25) is 5.02 Å². The van der Waals surface area contributed by atoms with Crippen LogP contribution in [-0.4, -0.2) is 18.4 Å². The largest absolute Gasteiger partial charge is 0.465 e. The van der Waals surface area contributed by atoms with Gasteiger partial charge in [0.1, 0.15) is 11.5 Å². The quantitative estimate of drug-likeness (QED) is 0.406. The molecular weight excluding hydrogens is 400 g/mol. The van der Waals surface area contributed by atoms with Gasteiger partial charge in [-0.15, -0.1) is 0 Å². The second-order valence-electron chi connectivity index (χ2n) is 6.84. The highest BCUT2D eigenvalue weighted by atomic mass is 35.5. The van der Waals surface area contributed by atoms with Gasteiger partial charge in [0.15, 0.2) is 0 Å². The van der Waals surface area contributed by atoms with Crippen LogP contribution in [-0.2, 0) is 11.2 Å². The number of amides is 2. The average Bonchev–Trinajstić information content (AvgIpc) is 3.25. The van der Waals surface area contributed by atoms with Crippen LogP contribution in [0.4, 0.5) is 0 Å². The first-order chi connectivity index (χ1) is 14.5. The Labute approximate surface area is 180 Å². The first kappa shape index (κ1) is 21.4. The maximum atomic E-state index is 12.7. The number of hydrogen-bond donors (Lipinski definition) is 2. The molecule has 0 saturated heterocycles. The Bertz CT molecular complexity index is 1020. The van der Waals surface area contributed by atoms with Gasteiger partial charge < -0.3 is 15.1 Å². The molecule has 0 aliphatic heterocycles. The molecule has 0 atom stereocenters. The van der Waals surface area contributed by atoms with E-state index in [0.717, 1.165) is 24.0 Å². The highest BCUT2D eigenvalue weighted by Crippen LogP contribution is 2.16. The Balaban J connectivity index is 1.63. The summed E-state index contributed by atoms with van der Waals surface area (Å²) in [5, 5.41) is 6.25. The molecule has 0 fully saturated rings. The zero-order valence-electron chi connectivity index (χ0n) is 16.7. The Morgan fingerprint density at radius 3 is 2.50 bits per heavy atom. The second-order valence-corrected chi connectivity index (χ2v) is 7.25. The van der Waals surface area contributed by atoms with Crippen molar-refractivity contribution in [1.82, 2.24) is 10.6 Å². The molecule has 3 rings (SSSR count). The summed E-state index contributed by atoms with van der Waals surface area (Å²) >= 11 is 6.17. The SMILES string of the molecule is Cc1ccc(C(=O)N/C(=C\c2ccco2)C(=O)NCCCc2ccccc2Cl)cc1. The number of aryl methyl sites for hydroxylation is 2. The van der Waals surface area contributed by atoms with E-state index in [2.05, 4.69) is 10.6 Å². The standard InChI is InChI=1S/C24H23ClN2O3/c1-17-10-12-19(13-11-17)23(28)27-22(16-20-8-5-15-30-20)24(29)26-14-4-7-18-6-2-3-9-21(18)25/h2-3,5-6,8-13,15-16H,4,7,14H2,1H3,(H,26,29)(H,27,28)/b22-16-. The normalized spacial score (nSPS) is 11.2. The Morgan fingerprint density at radius 1 is 1.03 bits per heavy atom. The van der Waals surface area contributed by atoms with Crippen LogP contribution in [0.3, 0.4) is 0 Å². The minimum atomic E-state index is -0.383. The van der Waals surface area contributed by atoms with Crippen LogP contribution < -0.4 is 10.6 Å². The van der Waals surface area contributed by atoms with E-state index in [1.54, 1.807) is 24.3 Å². The summed E-state index contributed by atoms with van der Waals surface area (Å²) in [5.41, 5.74) is 2.67. The van der Waals surface area contributed by atoms with E-state index in [1.165, 1.54) is 12.3 Å². The monoisotopic (exact) mass is 422 g/mol. The van der Waals surface area contributed by atoms with E-state index in [0.29, 0.717) is 22.9 Å². The van der Waals surface area contributed by atoms with E-state index in [-0.39, 0.29) is 17.5 Å². The highest BCUT2D eigenvalue weighted by Gasteiger charge is 2.15. The van der Waals surface area contributed by atoms with Crippen molar-refractivity contribution in [3.63, 3.8) is 0 Å². The minimum absolute atomic E-state index is 0.119. The predicted octanol–water partition coefficient (Wildman–Crippen LogP) is 4.76. The first-order valence-electron chi connectivity index (χ1n) is 9.68. The summed E-state index contributed by atoms with van der Waals surface area (Å²) < 4.78 is 5.29. The molecule has 3 aromatic rings. The van der Waals surface area contributed by atoms with Crippen LogP contribution in [0.25, 0.3) is 6.08 Å². The van der Waals surface area contributed by atoms with E-state index in [9.17, 15) is 9.59 Å². The van der Waals surface area contributed by atoms with Crippen LogP contribution in [0, 0.1) is 6.92 Å². The molecule has 0 aliphatic carbocycles. The van der Waals surface area contributed by atoms with Gasteiger partial charge in [-0.3, -0.25) is 9.59 Å². The van der Waals surface area contributed by atoms with Crippen molar-refractivity contribution in [3.8, 4) is 0 Å². The fourth-order valence-corrected chi connectivity index (χ4v) is 3.08. The number of carbonyl (C=O) groups excluding carboxylic acids is 2. The van der Waals surface area contributed by atoms with Crippen molar-refractivity contribution >= 4 is 29.5 Å². The van der Waals surface area contributed by atoms with Gasteiger partial charge in [-0.1, -0.05) is 47.5 Å². The van der Waals surface area contributed by atoms with Crippen molar-refractivity contribution in [3.05, 3.63) is 100 Å². The Hall–Kier alpha value is -3.31. The van der Waals surface area contributed by atoms with Gasteiger partial charge in [0, 0.05) is 23.2 Å². The molecule has 2 N–H and O–H groups in total. The highest BCUT2D eigenvalue weighted by molar-refractivity contribution is 6.31. The fourth-order valence-electron chi connectivity index (χ4n) is 2.85. The third-order valence-electron chi connectivity index (χ3n) is 4.50. The lowest BCUT2D eigenvalue weighted by atomic mass is 10.1. The molecular formula is C24H23ClN2O3. The van der Waals surface area contributed by atoms with Gasteiger partial charge in [0.2, 0.25) is 0 Å². The van der Waals surface area contributed by atoms with E-state index >= 15 is 0 Å². The number of rotatable bonds is 8. The number of hydrogen-bond acceptors (Lipinski definition) is 3. The molecule has 1 aromatic heterocycles. The molecule has 2 aromatic carbocycles. The van der Waals surface area contributed by atoms with E-state index < -0.39 is 0 Å². The van der Waals surface area contributed by atoms with E-state index in [1.807, 2.05) is 43.3 Å². The van der Waals surface area contributed by atoms with Crippen molar-refractivity contribution in [1.29, 1.82) is 0 Å². The fraction of sp³-hybridized carbons (Fsp3) is 0.167. The third-order valence-corrected chi connectivity index (χ3v) is 4.87. The van der Waals surface area contributed by atoms with Crippen molar-refractivity contribution in [2.75, 3.05) is 6.54 Å². The number of nitrogens with one attached hydrogen (secondary N) is 2. The molecule has 6 heteroatoms. The smallest absolute Gasteiger partial charge is 0.267 e. The molecule has 0 spiro atoms. The first-order valence-corrected chi connectivity index (χ1v) is 10.1. The molecule has 2 amide bonds. The third kappa shape index (κ3) is 6.09. The van der Waals surface area contributed by atoms with Gasteiger partial charge in [-0.25, -0.2) is 0 Å². The zero-order valence-corrected chi connectivity index (χ0v) is 17.4. The molecule has 30 heavy (non-hydrogen) atoms. The summed E-state index contributed by atoms with van der Waals surface area (Å²) in [6, 6.07) is 18.2.